The largest absolute Gasteiger partial charge is 0.328 e. The van der Waals surface area contributed by atoms with E-state index >= 15 is 0 Å². The van der Waals surface area contributed by atoms with Crippen LogP contribution in [0.5, 0.6) is 0 Å². The van der Waals surface area contributed by atoms with Crippen LogP contribution in [0.2, 0.25) is 5.02 Å². The number of rotatable bonds is 4. The highest BCUT2D eigenvalue weighted by Gasteiger charge is 2.27. The molecule has 5 heteroatoms. The zero-order valence-corrected chi connectivity index (χ0v) is 13.3. The lowest BCUT2D eigenvalue weighted by Crippen LogP contribution is -2.46. The molecule has 0 aliphatic heterocycles. The molecule has 0 heterocycles. The lowest BCUT2D eigenvalue weighted by atomic mass is 9.91. The summed E-state index contributed by atoms with van der Waals surface area (Å²) in [6.45, 7) is 2.86. The number of nitrogens with one attached hydrogen (secondary N) is 1. The second kappa shape index (κ2) is 7.66. The van der Waals surface area contributed by atoms with E-state index < -0.39 is 0 Å². The van der Waals surface area contributed by atoms with Crippen molar-refractivity contribution in [3.63, 3.8) is 0 Å². The number of hydrogen-bond donors (Lipinski definition) is 2. The molecule has 1 saturated carbocycles. The number of carbonyl (C=O) groups excluding carboxylic acids is 1. The van der Waals surface area contributed by atoms with Crippen LogP contribution in [0.1, 0.15) is 39.0 Å². The topological polar surface area (TPSA) is 58.4 Å². The predicted molar refractivity (Wildman–Crippen MR) is 87.7 cm³/mol. The lowest BCUT2D eigenvalue weighted by molar-refractivity contribution is 0.163. The molecule has 0 unspecified atom stereocenters. The number of benzene rings is 1. The van der Waals surface area contributed by atoms with E-state index in [2.05, 4.69) is 12.2 Å². The Hall–Kier alpha value is -1.26. The summed E-state index contributed by atoms with van der Waals surface area (Å²) in [5.74, 6) is 0. The minimum atomic E-state index is -0.0420. The van der Waals surface area contributed by atoms with Crippen LogP contribution in [0.4, 0.5) is 10.5 Å². The Morgan fingerprint density at radius 3 is 2.71 bits per heavy atom. The van der Waals surface area contributed by atoms with Crippen LogP contribution >= 0.6 is 11.6 Å². The number of nitrogens with two attached hydrogens (primary N) is 1. The van der Waals surface area contributed by atoms with Gasteiger partial charge in [-0.05, 0) is 50.3 Å². The van der Waals surface area contributed by atoms with E-state index in [-0.39, 0.29) is 6.03 Å². The highest BCUT2D eigenvalue weighted by molar-refractivity contribution is 6.30. The number of amides is 2. The third-order valence-electron chi connectivity index (χ3n) is 3.98. The van der Waals surface area contributed by atoms with E-state index in [9.17, 15) is 4.79 Å². The Balaban J connectivity index is 2.01. The molecule has 0 spiro atoms. The van der Waals surface area contributed by atoms with Crippen LogP contribution < -0.4 is 11.1 Å². The Bertz CT molecular complexity index is 472. The van der Waals surface area contributed by atoms with Crippen LogP contribution in [-0.4, -0.2) is 29.6 Å². The maximum absolute atomic E-state index is 12.5. The van der Waals surface area contributed by atoms with E-state index in [1.54, 1.807) is 12.1 Å². The van der Waals surface area contributed by atoms with Crippen molar-refractivity contribution in [3.05, 3.63) is 29.3 Å². The molecule has 116 valence electrons. The van der Waals surface area contributed by atoms with E-state index in [1.165, 1.54) is 0 Å². The summed E-state index contributed by atoms with van der Waals surface area (Å²) in [6.07, 6.45) is 4.92. The molecule has 0 aromatic heterocycles. The van der Waals surface area contributed by atoms with Crippen molar-refractivity contribution < 1.29 is 4.79 Å². The average molecular weight is 310 g/mol. The summed E-state index contributed by atoms with van der Waals surface area (Å²) in [6, 6.07) is 7.79. The first kappa shape index (κ1) is 16.1. The van der Waals surface area contributed by atoms with Crippen molar-refractivity contribution in [1.29, 1.82) is 0 Å². The van der Waals surface area contributed by atoms with Gasteiger partial charge in [-0.25, -0.2) is 4.79 Å². The van der Waals surface area contributed by atoms with E-state index in [4.69, 9.17) is 17.3 Å². The summed E-state index contributed by atoms with van der Waals surface area (Å²) in [5, 5.41) is 3.57. The average Bonchev–Trinajstić information content (AvgIpc) is 2.46. The van der Waals surface area contributed by atoms with Gasteiger partial charge in [-0.15, -0.1) is 0 Å². The molecule has 1 aliphatic rings. The van der Waals surface area contributed by atoms with Gasteiger partial charge in [-0.3, -0.25) is 0 Å². The standard InChI is InChI=1S/C16H24ClN3O/c1-2-10-20(15-8-6-13(18)7-9-15)16(21)19-14-5-3-4-12(17)11-14/h3-5,11,13,15H,2,6-10,18H2,1H3,(H,19,21). The molecular weight excluding hydrogens is 286 g/mol. The van der Waals surface area contributed by atoms with Gasteiger partial charge in [0.15, 0.2) is 0 Å². The van der Waals surface area contributed by atoms with Crippen LogP contribution in [0.3, 0.4) is 0 Å². The molecule has 3 N–H and O–H groups in total. The number of carbonyl (C=O) groups is 1. The molecule has 0 saturated heterocycles. The Morgan fingerprint density at radius 1 is 1.38 bits per heavy atom. The highest BCUT2D eigenvalue weighted by atomic mass is 35.5. The van der Waals surface area contributed by atoms with Gasteiger partial charge in [0.2, 0.25) is 0 Å². The zero-order chi connectivity index (χ0) is 15.2. The van der Waals surface area contributed by atoms with E-state index in [1.807, 2.05) is 17.0 Å². The zero-order valence-electron chi connectivity index (χ0n) is 12.5. The smallest absolute Gasteiger partial charge is 0.322 e. The van der Waals surface area contributed by atoms with Crippen LogP contribution in [0.15, 0.2) is 24.3 Å². The highest BCUT2D eigenvalue weighted by Crippen LogP contribution is 2.23. The van der Waals surface area contributed by atoms with Crippen LogP contribution in [-0.2, 0) is 0 Å². The lowest BCUT2D eigenvalue weighted by Gasteiger charge is -2.36. The molecule has 4 nitrogen and oxygen atoms in total. The van der Waals surface area contributed by atoms with Crippen molar-refractivity contribution in [2.24, 2.45) is 5.73 Å². The number of urea groups is 1. The first-order valence-electron chi connectivity index (χ1n) is 7.69. The van der Waals surface area contributed by atoms with Crippen molar-refractivity contribution in [2.45, 2.75) is 51.1 Å². The molecule has 1 aromatic carbocycles. The van der Waals surface area contributed by atoms with Gasteiger partial charge in [0.25, 0.3) is 0 Å². The molecular formula is C16H24ClN3O. The quantitative estimate of drug-likeness (QED) is 0.887. The third kappa shape index (κ3) is 4.61. The molecule has 2 rings (SSSR count). The van der Waals surface area contributed by atoms with Gasteiger partial charge in [0.05, 0.1) is 0 Å². The molecule has 2 amide bonds. The van der Waals surface area contributed by atoms with E-state index in [0.717, 1.165) is 44.3 Å². The van der Waals surface area contributed by atoms with Gasteiger partial charge in [0.1, 0.15) is 0 Å². The second-order valence-electron chi connectivity index (χ2n) is 5.70. The van der Waals surface area contributed by atoms with Gasteiger partial charge in [-0.1, -0.05) is 24.6 Å². The summed E-state index contributed by atoms with van der Waals surface area (Å²) >= 11 is 5.95. The maximum Gasteiger partial charge on any atom is 0.322 e. The molecule has 1 aromatic rings. The third-order valence-corrected chi connectivity index (χ3v) is 4.22. The van der Waals surface area contributed by atoms with Crippen molar-refractivity contribution in [3.8, 4) is 0 Å². The fraction of sp³-hybridized carbons (Fsp3) is 0.562. The Kier molecular flexibility index (Phi) is 5.88. The SMILES string of the molecule is CCCN(C(=O)Nc1cccc(Cl)c1)C1CCC(N)CC1. The molecule has 0 bridgehead atoms. The van der Waals surface area contributed by atoms with Crippen molar-refractivity contribution in [1.82, 2.24) is 4.90 Å². The Labute approximate surface area is 131 Å². The first-order chi connectivity index (χ1) is 10.1. The number of nitrogens with zero attached hydrogens (tertiary/aromatic N) is 1. The van der Waals surface area contributed by atoms with Crippen molar-refractivity contribution >= 4 is 23.3 Å². The molecule has 0 atom stereocenters. The van der Waals surface area contributed by atoms with Crippen LogP contribution in [0.25, 0.3) is 0 Å². The minimum Gasteiger partial charge on any atom is -0.328 e. The maximum atomic E-state index is 12.5. The molecule has 0 radical (unpaired) electrons. The summed E-state index contributed by atoms with van der Waals surface area (Å²) in [5.41, 5.74) is 6.69. The summed E-state index contributed by atoms with van der Waals surface area (Å²) in [7, 11) is 0. The second-order valence-corrected chi connectivity index (χ2v) is 6.14. The Morgan fingerprint density at radius 2 is 2.10 bits per heavy atom. The van der Waals surface area contributed by atoms with Gasteiger partial charge >= 0.3 is 6.03 Å². The normalized spacial score (nSPS) is 21.9. The minimum absolute atomic E-state index is 0.0420. The van der Waals surface area contributed by atoms with Gasteiger partial charge in [0, 0.05) is 29.3 Å². The predicted octanol–water partition coefficient (Wildman–Crippen LogP) is 3.85. The fourth-order valence-electron chi connectivity index (χ4n) is 2.87. The van der Waals surface area contributed by atoms with Crippen LogP contribution in [0, 0.1) is 0 Å². The number of halogens is 1. The molecule has 21 heavy (non-hydrogen) atoms. The fourth-order valence-corrected chi connectivity index (χ4v) is 3.06. The van der Waals surface area contributed by atoms with E-state index in [0.29, 0.717) is 17.1 Å². The van der Waals surface area contributed by atoms with Gasteiger partial charge < -0.3 is 16.0 Å². The number of hydrogen-bond acceptors (Lipinski definition) is 2. The monoisotopic (exact) mass is 309 g/mol. The molecule has 1 fully saturated rings. The van der Waals surface area contributed by atoms with Crippen molar-refractivity contribution in [2.75, 3.05) is 11.9 Å². The summed E-state index contributed by atoms with van der Waals surface area (Å²) < 4.78 is 0. The summed E-state index contributed by atoms with van der Waals surface area (Å²) in [4.78, 5) is 14.5. The van der Waals surface area contributed by atoms with Gasteiger partial charge in [-0.2, -0.15) is 0 Å². The molecule has 1 aliphatic carbocycles. The number of anilines is 1. The first-order valence-corrected chi connectivity index (χ1v) is 8.06.